The Balaban J connectivity index is 1.29. The van der Waals surface area contributed by atoms with Crippen LogP contribution in [0.4, 0.5) is 0 Å². The average molecular weight is 903 g/mol. The Morgan fingerprint density at radius 1 is 0.429 bits per heavy atom. The number of carbonyl (C=O) groups is 2. The molecule has 0 aliphatic carbocycles. The van der Waals surface area contributed by atoms with Gasteiger partial charge in [0, 0.05) is 10.4 Å². The van der Waals surface area contributed by atoms with E-state index in [1.165, 1.54) is 35.9 Å². The van der Waals surface area contributed by atoms with Crippen molar-refractivity contribution >= 4 is 136 Å². The molecule has 0 N–H and O–H groups in total. The maximum atomic E-state index is 12.6. The summed E-state index contributed by atoms with van der Waals surface area (Å²) in [6, 6.07) is 19.0. The minimum absolute atomic E-state index is 0.0861. The third-order valence-corrected chi connectivity index (χ3v) is 19.0. The van der Waals surface area contributed by atoms with Gasteiger partial charge in [0.2, 0.25) is 0 Å². The van der Waals surface area contributed by atoms with Gasteiger partial charge in [0.15, 0.2) is 0 Å². The van der Waals surface area contributed by atoms with Crippen molar-refractivity contribution in [3.05, 3.63) is 99.2 Å². The third kappa shape index (κ3) is 9.67. The van der Waals surface area contributed by atoms with E-state index < -0.39 is 11.9 Å². The summed E-state index contributed by atoms with van der Waals surface area (Å²) in [6.45, 7) is 1.91. The van der Waals surface area contributed by atoms with E-state index in [-0.39, 0.29) is 26.4 Å². The molecular weight excluding hydrogens is 865 g/mol. The second kappa shape index (κ2) is 20.2. The lowest BCUT2D eigenvalue weighted by molar-refractivity contribution is 0.0264. The van der Waals surface area contributed by atoms with Crippen molar-refractivity contribution in [2.75, 3.05) is 77.9 Å². The van der Waals surface area contributed by atoms with Gasteiger partial charge in [-0.05, 0) is 107 Å². The van der Waals surface area contributed by atoms with Crippen LogP contribution in [0.25, 0.3) is 30.0 Å². The number of benzene rings is 4. The topological polar surface area (TPSA) is 89.5 Å². The summed E-state index contributed by atoms with van der Waals surface area (Å²) in [5, 5.41) is 6.89. The highest BCUT2D eigenvalue weighted by Gasteiger charge is 2.26. The van der Waals surface area contributed by atoms with Gasteiger partial charge in [-0.15, -0.1) is 47.0 Å². The fourth-order valence-electron chi connectivity index (χ4n) is 5.99. The average Bonchev–Trinajstić information content (AvgIpc) is 3.85. The molecule has 8 aliphatic rings. The quantitative estimate of drug-likeness (QED) is 0.144. The molecule has 0 amide bonds. The summed E-state index contributed by atoms with van der Waals surface area (Å²) in [6.07, 6.45) is 8.55. The summed E-state index contributed by atoms with van der Waals surface area (Å²) in [5.74, 6) is 0.505. The van der Waals surface area contributed by atoms with Crippen LogP contribution in [0.5, 0.6) is 11.5 Å². The van der Waals surface area contributed by atoms with E-state index >= 15 is 0 Å². The highest BCUT2D eigenvalue weighted by Crippen LogP contribution is 2.58. The van der Waals surface area contributed by atoms with Crippen LogP contribution in [-0.4, -0.2) is 89.8 Å². The van der Waals surface area contributed by atoms with Crippen LogP contribution in [0.2, 0.25) is 0 Å². The van der Waals surface area contributed by atoms with Gasteiger partial charge in [-0.25, -0.2) is 9.59 Å². The van der Waals surface area contributed by atoms with Crippen molar-refractivity contribution in [2.45, 2.75) is 0 Å². The highest BCUT2D eigenvalue weighted by atomic mass is 32.3. The largest absolute Gasteiger partial charge is 0.491 e. The molecule has 0 unspecified atom stereocenters. The summed E-state index contributed by atoms with van der Waals surface area (Å²) >= 11 is 14.5. The zero-order chi connectivity index (χ0) is 39.0. The van der Waals surface area contributed by atoms with Crippen LogP contribution >= 0.6 is 94.1 Å². The van der Waals surface area contributed by atoms with Gasteiger partial charge in [0.1, 0.15) is 37.9 Å². The van der Waals surface area contributed by atoms with Gasteiger partial charge in [-0.1, -0.05) is 47.0 Å². The first-order valence-corrected chi connectivity index (χ1v) is 25.6. The Labute approximate surface area is 359 Å². The Hall–Kier alpha value is -2.12. The van der Waals surface area contributed by atoms with Crippen LogP contribution in [0, 0.1) is 0 Å². The smallest absolute Gasteiger partial charge is 0.338 e. The zero-order valence-corrected chi connectivity index (χ0v) is 37.5. The molecule has 0 saturated heterocycles. The van der Waals surface area contributed by atoms with Crippen molar-refractivity contribution in [1.82, 2.24) is 0 Å². The van der Waals surface area contributed by atoms with Crippen LogP contribution in [-0.2, 0) is 18.9 Å². The van der Waals surface area contributed by atoms with E-state index in [9.17, 15) is 9.59 Å². The number of carbonyl (C=O) groups excluding carboxylic acids is 2. The number of esters is 2. The fourth-order valence-corrected chi connectivity index (χ4v) is 16.3. The lowest BCUT2D eigenvalue weighted by Gasteiger charge is -2.15. The first kappa shape index (κ1) is 42.0. The predicted octanol–water partition coefficient (Wildman–Crippen LogP) is 9.61. The normalized spacial score (nSPS) is 18.1. The van der Waals surface area contributed by atoms with E-state index in [4.69, 9.17) is 28.4 Å². The van der Waals surface area contributed by atoms with Gasteiger partial charge in [-0.3, -0.25) is 0 Å². The minimum Gasteiger partial charge on any atom is -0.491 e. The standard InChI is InChI=1S/C40H38O8S8/c1-49-37-38(50-2)54-35(53-37)31-27-11-9-26-22-30(27)32(36-55-39(51-3)40(52-4)56-36)28-12-10-25(21-29(28)31)45-17-13-43-15-19-47-33(41)23-5-7-24(8-6-23)34(42)48-20-16-44-14-18-46-26/h5-12,21-22H,13-20H2,1-4H3. The van der Waals surface area contributed by atoms with Crippen LogP contribution < -0.4 is 19.9 Å². The molecule has 16 heteroatoms. The van der Waals surface area contributed by atoms with Crippen molar-refractivity contribution in [1.29, 1.82) is 0 Å². The molecular formula is C40H38O8S8. The molecule has 0 saturated carbocycles. The molecule has 8 aliphatic heterocycles. The molecule has 0 atom stereocenters. The number of thioether (sulfide) groups is 8. The number of ether oxygens (including phenoxy) is 6. The molecule has 8 heterocycles. The minimum atomic E-state index is -0.498. The Morgan fingerprint density at radius 2 is 0.768 bits per heavy atom. The van der Waals surface area contributed by atoms with Gasteiger partial charge in [-0.2, -0.15) is 0 Å². The van der Waals surface area contributed by atoms with Crippen molar-refractivity contribution in [3.8, 4) is 11.5 Å². The molecule has 0 spiro atoms. The fraction of sp³-hybridized carbons (Fsp3) is 0.300. The van der Waals surface area contributed by atoms with E-state index in [0.717, 1.165) is 33.0 Å². The summed E-state index contributed by atoms with van der Waals surface area (Å²) < 4.78 is 42.6. The van der Waals surface area contributed by atoms with Crippen LogP contribution in [0.15, 0.2) is 77.6 Å². The Kier molecular flexibility index (Phi) is 15.2. The second-order valence-corrected chi connectivity index (χ2v) is 20.8. The van der Waals surface area contributed by atoms with E-state index in [0.29, 0.717) is 37.6 Å². The van der Waals surface area contributed by atoms with E-state index in [1.54, 1.807) is 71.3 Å². The van der Waals surface area contributed by atoms with Crippen molar-refractivity contribution in [2.24, 2.45) is 0 Å². The summed E-state index contributed by atoms with van der Waals surface area (Å²) in [5.41, 5.74) is 0.664. The maximum Gasteiger partial charge on any atom is 0.338 e. The van der Waals surface area contributed by atoms with Crippen molar-refractivity contribution < 1.29 is 38.0 Å². The molecule has 12 rings (SSSR count). The highest BCUT2D eigenvalue weighted by molar-refractivity contribution is 8.46. The van der Waals surface area contributed by atoms with Gasteiger partial charge < -0.3 is 28.4 Å². The van der Waals surface area contributed by atoms with Gasteiger partial charge in [0.05, 0.1) is 63.0 Å². The number of rotatable bonds is 4. The van der Waals surface area contributed by atoms with Crippen molar-refractivity contribution in [3.63, 3.8) is 0 Å². The molecule has 56 heavy (non-hydrogen) atoms. The summed E-state index contributed by atoms with van der Waals surface area (Å²) in [4.78, 5) is 25.1. The lowest BCUT2D eigenvalue weighted by atomic mass is 9.98. The molecule has 0 aromatic heterocycles. The lowest BCUT2D eigenvalue weighted by Crippen LogP contribution is -2.18. The molecule has 4 aromatic rings. The predicted molar refractivity (Wildman–Crippen MR) is 246 cm³/mol. The Bertz CT molecular complexity index is 2130. The first-order chi connectivity index (χ1) is 27.4. The number of hydrogen-bond donors (Lipinski definition) is 0. The third-order valence-electron chi connectivity index (χ3n) is 8.55. The SMILES string of the molecule is CSC1=C(SC)SC(=c2c3ccc4cc3c(=C3SC(SC)=C(SC)S3)c3ccc(cc23)OCCOCCOC(=O)c2ccc(cc2)C(=O)OCCOCCO4)S1. The molecule has 0 radical (unpaired) electrons. The van der Waals surface area contributed by atoms with Gasteiger partial charge in [0.25, 0.3) is 0 Å². The maximum absolute atomic E-state index is 12.6. The molecule has 8 nitrogen and oxygen atoms in total. The second-order valence-electron chi connectivity index (χ2n) is 11.9. The first-order valence-electron chi connectivity index (χ1n) is 17.4. The number of hydrogen-bond acceptors (Lipinski definition) is 16. The Morgan fingerprint density at radius 3 is 1.11 bits per heavy atom. The molecule has 0 fully saturated rings. The molecule has 294 valence electrons. The summed E-state index contributed by atoms with van der Waals surface area (Å²) in [7, 11) is 0. The van der Waals surface area contributed by atoms with Crippen LogP contribution in [0.1, 0.15) is 20.7 Å². The monoisotopic (exact) mass is 902 g/mol. The van der Waals surface area contributed by atoms with Gasteiger partial charge >= 0.3 is 11.9 Å². The zero-order valence-electron chi connectivity index (χ0n) is 31.0. The molecule has 8 bridgehead atoms. The molecule has 4 aromatic carbocycles. The van der Waals surface area contributed by atoms with E-state index in [2.05, 4.69) is 49.3 Å². The van der Waals surface area contributed by atoms with Crippen LogP contribution in [0.3, 0.4) is 0 Å². The van der Waals surface area contributed by atoms with E-state index in [1.807, 2.05) is 59.2 Å².